The highest BCUT2D eigenvalue weighted by atomic mass is 35.5. The molecule has 1 heterocycles. The van der Waals surface area contributed by atoms with Gasteiger partial charge in [0, 0.05) is 0 Å². The number of rotatable bonds is 4. The van der Waals surface area contributed by atoms with Crippen LogP contribution in [0.4, 0.5) is 0 Å². The first kappa shape index (κ1) is 13.6. The summed E-state index contributed by atoms with van der Waals surface area (Å²) >= 11 is 6.19. The molecule has 1 aromatic heterocycles. The average Bonchev–Trinajstić information content (AvgIpc) is 3.00. The van der Waals surface area contributed by atoms with Gasteiger partial charge in [-0.1, -0.05) is 35.9 Å². The zero-order chi connectivity index (χ0) is 14.7. The molecule has 2 aromatic carbocycles. The summed E-state index contributed by atoms with van der Waals surface area (Å²) in [5.41, 5.74) is 3.32. The van der Waals surface area contributed by atoms with Gasteiger partial charge in [0.25, 0.3) is 0 Å². The van der Waals surface area contributed by atoms with Crippen molar-refractivity contribution in [2.24, 2.45) is 0 Å². The summed E-state index contributed by atoms with van der Waals surface area (Å²) in [6.45, 7) is 0.692. The SMILES string of the molecule is COc1ccc(-c2cccc(Cn3cncn3)c2)cc1Cl. The molecule has 0 aliphatic rings. The zero-order valence-corrected chi connectivity index (χ0v) is 12.3. The third kappa shape index (κ3) is 3.06. The Kier molecular flexibility index (Phi) is 3.88. The van der Waals surface area contributed by atoms with Crippen molar-refractivity contribution >= 4 is 11.6 Å². The van der Waals surface area contributed by atoms with Crippen molar-refractivity contribution in [1.82, 2.24) is 14.8 Å². The van der Waals surface area contributed by atoms with Crippen LogP contribution in [0.5, 0.6) is 5.75 Å². The van der Waals surface area contributed by atoms with Crippen LogP contribution in [0.3, 0.4) is 0 Å². The van der Waals surface area contributed by atoms with Crippen LogP contribution in [-0.2, 0) is 6.54 Å². The van der Waals surface area contributed by atoms with Crippen LogP contribution in [0.15, 0.2) is 55.1 Å². The van der Waals surface area contributed by atoms with Gasteiger partial charge in [-0.2, -0.15) is 5.10 Å². The molecule has 0 saturated carbocycles. The van der Waals surface area contributed by atoms with Crippen LogP contribution in [0.2, 0.25) is 5.02 Å². The van der Waals surface area contributed by atoms with Gasteiger partial charge in [-0.25, -0.2) is 9.67 Å². The predicted molar refractivity (Wildman–Crippen MR) is 82.6 cm³/mol. The molecule has 0 bridgehead atoms. The summed E-state index contributed by atoms with van der Waals surface area (Å²) in [6.07, 6.45) is 3.24. The molecule has 0 saturated heterocycles. The third-order valence-electron chi connectivity index (χ3n) is 3.22. The van der Waals surface area contributed by atoms with Gasteiger partial charge in [0.1, 0.15) is 18.4 Å². The lowest BCUT2D eigenvalue weighted by Gasteiger charge is -2.08. The van der Waals surface area contributed by atoms with Crippen molar-refractivity contribution < 1.29 is 4.74 Å². The number of methoxy groups -OCH3 is 1. The minimum absolute atomic E-state index is 0.608. The number of halogens is 1. The van der Waals surface area contributed by atoms with Crippen molar-refractivity contribution in [2.45, 2.75) is 6.54 Å². The van der Waals surface area contributed by atoms with E-state index >= 15 is 0 Å². The highest BCUT2D eigenvalue weighted by Gasteiger charge is 2.05. The van der Waals surface area contributed by atoms with Crippen LogP contribution in [0, 0.1) is 0 Å². The van der Waals surface area contributed by atoms with E-state index in [-0.39, 0.29) is 0 Å². The summed E-state index contributed by atoms with van der Waals surface area (Å²) in [6, 6.07) is 14.1. The minimum Gasteiger partial charge on any atom is -0.495 e. The van der Waals surface area contributed by atoms with E-state index in [1.165, 1.54) is 6.33 Å². The van der Waals surface area contributed by atoms with Gasteiger partial charge in [-0.3, -0.25) is 0 Å². The van der Waals surface area contributed by atoms with Gasteiger partial charge in [-0.15, -0.1) is 0 Å². The maximum Gasteiger partial charge on any atom is 0.137 e. The smallest absolute Gasteiger partial charge is 0.137 e. The van der Waals surface area contributed by atoms with Crippen LogP contribution in [0.1, 0.15) is 5.56 Å². The summed E-state index contributed by atoms with van der Waals surface area (Å²) in [5.74, 6) is 0.680. The lowest BCUT2D eigenvalue weighted by atomic mass is 10.0. The lowest BCUT2D eigenvalue weighted by Crippen LogP contribution is -1.99. The maximum atomic E-state index is 6.19. The largest absolute Gasteiger partial charge is 0.495 e. The number of nitrogens with zero attached hydrogens (tertiary/aromatic N) is 3. The number of ether oxygens (including phenoxy) is 1. The maximum absolute atomic E-state index is 6.19. The molecule has 106 valence electrons. The van der Waals surface area contributed by atoms with Gasteiger partial charge in [-0.05, 0) is 34.9 Å². The van der Waals surface area contributed by atoms with E-state index in [1.54, 1.807) is 18.1 Å². The zero-order valence-electron chi connectivity index (χ0n) is 11.5. The fourth-order valence-electron chi connectivity index (χ4n) is 2.20. The Morgan fingerprint density at radius 3 is 2.71 bits per heavy atom. The first-order valence-corrected chi connectivity index (χ1v) is 6.89. The van der Waals surface area contributed by atoms with E-state index < -0.39 is 0 Å². The fraction of sp³-hybridized carbons (Fsp3) is 0.125. The number of benzene rings is 2. The molecule has 3 rings (SSSR count). The lowest BCUT2D eigenvalue weighted by molar-refractivity contribution is 0.415. The molecule has 0 aliphatic carbocycles. The van der Waals surface area contributed by atoms with Crippen LogP contribution in [-0.4, -0.2) is 21.9 Å². The third-order valence-corrected chi connectivity index (χ3v) is 3.52. The molecule has 5 heteroatoms. The molecule has 0 N–H and O–H groups in total. The molecule has 21 heavy (non-hydrogen) atoms. The summed E-state index contributed by atoms with van der Waals surface area (Å²) in [5, 5.41) is 4.73. The monoisotopic (exact) mass is 299 g/mol. The number of hydrogen-bond donors (Lipinski definition) is 0. The van der Waals surface area contributed by atoms with Crippen molar-refractivity contribution in [3.63, 3.8) is 0 Å². The van der Waals surface area contributed by atoms with Crippen molar-refractivity contribution in [1.29, 1.82) is 0 Å². The molecule has 4 nitrogen and oxygen atoms in total. The fourth-order valence-corrected chi connectivity index (χ4v) is 2.45. The Bertz CT molecular complexity index is 741. The second kappa shape index (κ2) is 5.97. The van der Waals surface area contributed by atoms with E-state index in [0.29, 0.717) is 17.3 Å². The standard InChI is InChI=1S/C16H14ClN3O/c1-21-16-6-5-14(8-15(16)17)13-4-2-3-12(7-13)9-20-11-18-10-19-20/h2-8,10-11H,9H2,1H3. The minimum atomic E-state index is 0.608. The molecule has 0 spiro atoms. The van der Waals surface area contributed by atoms with E-state index in [4.69, 9.17) is 16.3 Å². The molecule has 0 unspecified atom stereocenters. The Balaban J connectivity index is 1.90. The van der Waals surface area contributed by atoms with Crippen LogP contribution in [0.25, 0.3) is 11.1 Å². The molecule has 0 atom stereocenters. The molecular formula is C16H14ClN3O. The highest BCUT2D eigenvalue weighted by molar-refractivity contribution is 6.32. The van der Waals surface area contributed by atoms with Gasteiger partial charge in [0.15, 0.2) is 0 Å². The first-order chi connectivity index (χ1) is 10.3. The Morgan fingerprint density at radius 2 is 2.00 bits per heavy atom. The molecule has 0 fully saturated rings. The average molecular weight is 300 g/mol. The molecule has 0 amide bonds. The topological polar surface area (TPSA) is 39.9 Å². The summed E-state index contributed by atoms with van der Waals surface area (Å²) in [4.78, 5) is 3.95. The van der Waals surface area contributed by atoms with Gasteiger partial charge in [0.05, 0.1) is 18.7 Å². The normalized spacial score (nSPS) is 10.6. The van der Waals surface area contributed by atoms with Crippen molar-refractivity contribution in [3.8, 4) is 16.9 Å². The van der Waals surface area contributed by atoms with Gasteiger partial charge >= 0.3 is 0 Å². The van der Waals surface area contributed by atoms with Gasteiger partial charge < -0.3 is 4.74 Å². The molecule has 0 aliphatic heterocycles. The number of hydrogen-bond acceptors (Lipinski definition) is 3. The van der Waals surface area contributed by atoms with E-state index in [0.717, 1.165) is 16.7 Å². The van der Waals surface area contributed by atoms with E-state index in [9.17, 15) is 0 Å². The van der Waals surface area contributed by atoms with E-state index in [1.807, 2.05) is 24.3 Å². The molecule has 0 radical (unpaired) electrons. The van der Waals surface area contributed by atoms with E-state index in [2.05, 4.69) is 28.3 Å². The Morgan fingerprint density at radius 1 is 1.14 bits per heavy atom. The summed E-state index contributed by atoms with van der Waals surface area (Å²) in [7, 11) is 1.61. The first-order valence-electron chi connectivity index (χ1n) is 6.51. The molecular weight excluding hydrogens is 286 g/mol. The Hall–Kier alpha value is -2.33. The predicted octanol–water partition coefficient (Wildman–Crippen LogP) is 3.66. The van der Waals surface area contributed by atoms with Crippen LogP contribution >= 0.6 is 11.6 Å². The second-order valence-corrected chi connectivity index (χ2v) is 5.05. The second-order valence-electron chi connectivity index (χ2n) is 4.64. The summed E-state index contributed by atoms with van der Waals surface area (Å²) < 4.78 is 6.97. The quantitative estimate of drug-likeness (QED) is 0.738. The molecule has 3 aromatic rings. The van der Waals surface area contributed by atoms with Crippen molar-refractivity contribution in [2.75, 3.05) is 7.11 Å². The van der Waals surface area contributed by atoms with Gasteiger partial charge in [0.2, 0.25) is 0 Å². The van der Waals surface area contributed by atoms with Crippen LogP contribution < -0.4 is 4.74 Å². The highest BCUT2D eigenvalue weighted by Crippen LogP contribution is 2.30. The Labute approximate surface area is 128 Å². The van der Waals surface area contributed by atoms with Crippen molar-refractivity contribution in [3.05, 3.63) is 65.7 Å². The number of aromatic nitrogens is 3.